The molecule has 1 aromatic carbocycles. The lowest BCUT2D eigenvalue weighted by Crippen LogP contribution is -2.14. The SMILES string of the molecule is CCCCO/C=C/c1ccc(NC(=O)OCc2ccccc2)nc1. The summed E-state index contributed by atoms with van der Waals surface area (Å²) in [6.07, 6.45) is 6.77. The van der Waals surface area contributed by atoms with E-state index in [2.05, 4.69) is 17.2 Å². The van der Waals surface area contributed by atoms with E-state index in [1.54, 1.807) is 18.5 Å². The first-order valence-corrected chi connectivity index (χ1v) is 8.00. The van der Waals surface area contributed by atoms with Crippen LogP contribution in [0.2, 0.25) is 0 Å². The average molecular weight is 326 g/mol. The zero-order chi connectivity index (χ0) is 17.0. The highest BCUT2D eigenvalue weighted by atomic mass is 16.5. The minimum absolute atomic E-state index is 0.225. The van der Waals surface area contributed by atoms with Crippen molar-refractivity contribution < 1.29 is 14.3 Å². The number of anilines is 1. The highest BCUT2D eigenvalue weighted by Crippen LogP contribution is 2.08. The molecule has 1 aromatic heterocycles. The van der Waals surface area contributed by atoms with Crippen LogP contribution >= 0.6 is 0 Å². The Morgan fingerprint density at radius 1 is 1.21 bits per heavy atom. The summed E-state index contributed by atoms with van der Waals surface area (Å²) in [5.41, 5.74) is 1.83. The minimum atomic E-state index is -0.530. The predicted octanol–water partition coefficient (Wildman–Crippen LogP) is 4.62. The van der Waals surface area contributed by atoms with Crippen LogP contribution in [0.25, 0.3) is 6.08 Å². The maximum Gasteiger partial charge on any atom is 0.413 e. The standard InChI is InChI=1S/C19H22N2O3/c1-2-3-12-23-13-11-16-9-10-18(20-14-16)21-19(22)24-15-17-7-5-4-6-8-17/h4-11,13-14H,2-3,12,15H2,1H3,(H,20,21,22)/b13-11+. The number of pyridine rings is 1. The lowest BCUT2D eigenvalue weighted by atomic mass is 10.2. The maximum atomic E-state index is 11.7. The Morgan fingerprint density at radius 2 is 2.04 bits per heavy atom. The summed E-state index contributed by atoms with van der Waals surface area (Å²) in [5.74, 6) is 0.442. The van der Waals surface area contributed by atoms with E-state index in [-0.39, 0.29) is 6.61 Å². The first-order valence-electron chi connectivity index (χ1n) is 8.00. The molecule has 24 heavy (non-hydrogen) atoms. The average Bonchev–Trinajstić information content (AvgIpc) is 2.62. The third kappa shape index (κ3) is 6.52. The first kappa shape index (κ1) is 17.5. The second kappa shape index (κ2) is 10.0. The molecule has 0 unspecified atom stereocenters. The molecule has 126 valence electrons. The van der Waals surface area contributed by atoms with Gasteiger partial charge in [-0.2, -0.15) is 0 Å². The Bertz CT molecular complexity index is 639. The highest BCUT2D eigenvalue weighted by Gasteiger charge is 2.04. The molecule has 1 N–H and O–H groups in total. The molecule has 1 heterocycles. The lowest BCUT2D eigenvalue weighted by molar-refractivity contribution is 0.155. The first-order chi connectivity index (χ1) is 11.8. The van der Waals surface area contributed by atoms with E-state index in [0.717, 1.165) is 24.0 Å². The van der Waals surface area contributed by atoms with Crippen molar-refractivity contribution >= 4 is 18.0 Å². The van der Waals surface area contributed by atoms with Gasteiger partial charge in [-0.05, 0) is 35.8 Å². The fraction of sp³-hybridized carbons (Fsp3) is 0.263. The molecular formula is C19H22N2O3. The van der Waals surface area contributed by atoms with Gasteiger partial charge >= 0.3 is 6.09 Å². The number of rotatable bonds is 8. The van der Waals surface area contributed by atoms with Crippen molar-refractivity contribution in [3.63, 3.8) is 0 Å². The number of aromatic nitrogens is 1. The van der Waals surface area contributed by atoms with Gasteiger partial charge in [0.1, 0.15) is 12.4 Å². The van der Waals surface area contributed by atoms with E-state index < -0.39 is 6.09 Å². The number of amides is 1. The van der Waals surface area contributed by atoms with Gasteiger partial charge in [-0.3, -0.25) is 5.32 Å². The summed E-state index contributed by atoms with van der Waals surface area (Å²) in [4.78, 5) is 15.9. The van der Waals surface area contributed by atoms with Crippen molar-refractivity contribution in [2.75, 3.05) is 11.9 Å². The van der Waals surface area contributed by atoms with Crippen LogP contribution in [0.4, 0.5) is 10.6 Å². The molecule has 0 fully saturated rings. The Balaban J connectivity index is 1.75. The zero-order valence-electron chi connectivity index (χ0n) is 13.8. The number of nitrogens with one attached hydrogen (secondary N) is 1. The van der Waals surface area contributed by atoms with Crippen molar-refractivity contribution in [3.8, 4) is 0 Å². The summed E-state index contributed by atoms with van der Waals surface area (Å²) >= 11 is 0. The molecule has 5 nitrogen and oxygen atoms in total. The van der Waals surface area contributed by atoms with Gasteiger partial charge in [-0.15, -0.1) is 0 Å². The molecule has 0 aliphatic rings. The molecule has 2 aromatic rings. The second-order valence-electron chi connectivity index (χ2n) is 5.19. The molecule has 0 bridgehead atoms. The summed E-state index contributed by atoms with van der Waals surface area (Å²) in [6.45, 7) is 3.06. The minimum Gasteiger partial charge on any atom is -0.501 e. The van der Waals surface area contributed by atoms with Crippen LogP contribution < -0.4 is 5.32 Å². The number of hydrogen-bond donors (Lipinski definition) is 1. The summed E-state index contributed by atoms with van der Waals surface area (Å²) < 4.78 is 10.5. The summed E-state index contributed by atoms with van der Waals surface area (Å²) in [5, 5.41) is 2.60. The number of carbonyl (C=O) groups is 1. The van der Waals surface area contributed by atoms with Crippen molar-refractivity contribution in [2.45, 2.75) is 26.4 Å². The Labute approximate surface area is 142 Å². The van der Waals surface area contributed by atoms with Crippen LogP contribution in [0, 0.1) is 0 Å². The van der Waals surface area contributed by atoms with Crippen LogP contribution in [0.1, 0.15) is 30.9 Å². The maximum absolute atomic E-state index is 11.7. The third-order valence-electron chi connectivity index (χ3n) is 3.20. The van der Waals surface area contributed by atoms with Gasteiger partial charge in [0.05, 0.1) is 12.9 Å². The number of benzene rings is 1. The molecular weight excluding hydrogens is 304 g/mol. The lowest BCUT2D eigenvalue weighted by Gasteiger charge is -2.06. The number of carbonyl (C=O) groups excluding carboxylic acids is 1. The molecule has 0 saturated heterocycles. The Kier molecular flexibility index (Phi) is 7.34. The number of hydrogen-bond acceptors (Lipinski definition) is 4. The van der Waals surface area contributed by atoms with Crippen LogP contribution in [0.3, 0.4) is 0 Å². The van der Waals surface area contributed by atoms with Gasteiger partial charge in [0.25, 0.3) is 0 Å². The van der Waals surface area contributed by atoms with Crippen molar-refractivity contribution in [3.05, 3.63) is 66.1 Å². The smallest absolute Gasteiger partial charge is 0.413 e. The highest BCUT2D eigenvalue weighted by molar-refractivity contribution is 5.83. The molecule has 0 aliphatic carbocycles. The fourth-order valence-electron chi connectivity index (χ4n) is 1.86. The topological polar surface area (TPSA) is 60.5 Å². The van der Waals surface area contributed by atoms with Crippen LogP contribution in [-0.4, -0.2) is 17.7 Å². The Hall–Kier alpha value is -2.82. The molecule has 0 saturated carbocycles. The van der Waals surface area contributed by atoms with E-state index in [1.165, 1.54) is 0 Å². The number of ether oxygens (including phenoxy) is 2. The van der Waals surface area contributed by atoms with Crippen LogP contribution in [0.5, 0.6) is 0 Å². The van der Waals surface area contributed by atoms with Gasteiger partial charge in [0.2, 0.25) is 0 Å². The number of unbranched alkanes of at least 4 members (excludes halogenated alkanes) is 1. The van der Waals surface area contributed by atoms with Gasteiger partial charge < -0.3 is 9.47 Å². The molecule has 2 rings (SSSR count). The van der Waals surface area contributed by atoms with Gasteiger partial charge in [-0.25, -0.2) is 9.78 Å². The summed E-state index contributed by atoms with van der Waals surface area (Å²) in [7, 11) is 0. The van der Waals surface area contributed by atoms with E-state index in [0.29, 0.717) is 12.4 Å². The van der Waals surface area contributed by atoms with Crippen LogP contribution in [0.15, 0.2) is 54.9 Å². The molecule has 0 atom stereocenters. The van der Waals surface area contributed by atoms with Gasteiger partial charge in [-0.1, -0.05) is 43.7 Å². The molecule has 5 heteroatoms. The quantitative estimate of drug-likeness (QED) is 0.568. The Morgan fingerprint density at radius 3 is 2.75 bits per heavy atom. The molecule has 0 radical (unpaired) electrons. The fourth-order valence-corrected chi connectivity index (χ4v) is 1.86. The summed E-state index contributed by atoms with van der Waals surface area (Å²) in [6, 6.07) is 13.1. The van der Waals surface area contributed by atoms with Crippen molar-refractivity contribution in [1.82, 2.24) is 4.98 Å². The predicted molar refractivity (Wildman–Crippen MR) is 94.4 cm³/mol. The molecule has 1 amide bonds. The van der Waals surface area contributed by atoms with E-state index in [4.69, 9.17) is 9.47 Å². The molecule has 0 aliphatic heterocycles. The van der Waals surface area contributed by atoms with E-state index in [9.17, 15) is 4.79 Å². The van der Waals surface area contributed by atoms with Crippen molar-refractivity contribution in [1.29, 1.82) is 0 Å². The van der Waals surface area contributed by atoms with Gasteiger partial charge in [0.15, 0.2) is 0 Å². The normalized spacial score (nSPS) is 10.5. The van der Waals surface area contributed by atoms with Gasteiger partial charge in [0, 0.05) is 6.20 Å². The number of nitrogens with zero attached hydrogens (tertiary/aromatic N) is 1. The molecule has 0 spiro atoms. The van der Waals surface area contributed by atoms with E-state index in [1.807, 2.05) is 42.5 Å². The van der Waals surface area contributed by atoms with E-state index >= 15 is 0 Å². The van der Waals surface area contributed by atoms with Crippen LogP contribution in [-0.2, 0) is 16.1 Å². The zero-order valence-corrected chi connectivity index (χ0v) is 13.8. The largest absolute Gasteiger partial charge is 0.501 e. The third-order valence-corrected chi connectivity index (χ3v) is 3.20. The monoisotopic (exact) mass is 326 g/mol. The second-order valence-corrected chi connectivity index (χ2v) is 5.19. The van der Waals surface area contributed by atoms with Crippen molar-refractivity contribution in [2.24, 2.45) is 0 Å².